The van der Waals surface area contributed by atoms with Crippen molar-refractivity contribution >= 4 is 38.9 Å². The zero-order valence-electron chi connectivity index (χ0n) is 15.8. The highest BCUT2D eigenvalue weighted by Gasteiger charge is 2.31. The molecule has 12 heteroatoms. The van der Waals surface area contributed by atoms with Gasteiger partial charge in [-0.25, -0.2) is 12.8 Å². The Bertz CT molecular complexity index is 1270. The van der Waals surface area contributed by atoms with E-state index in [1.807, 2.05) is 0 Å². The Hall–Kier alpha value is -3.31. The minimum Gasteiger partial charge on any atom is -0.406 e. The van der Waals surface area contributed by atoms with Gasteiger partial charge in [0.25, 0.3) is 15.9 Å². The van der Waals surface area contributed by atoms with Crippen molar-refractivity contribution in [1.29, 1.82) is 0 Å². The quantitative estimate of drug-likeness (QED) is 0.453. The molecule has 0 atom stereocenters. The molecule has 168 valence electrons. The van der Waals surface area contributed by atoms with Gasteiger partial charge in [-0.2, -0.15) is 0 Å². The number of carbonyl (C=O) groups is 1. The maximum absolute atomic E-state index is 13.3. The second-order valence-corrected chi connectivity index (χ2v) is 8.35. The van der Waals surface area contributed by atoms with Crippen molar-refractivity contribution in [2.45, 2.75) is 11.3 Å². The van der Waals surface area contributed by atoms with E-state index in [1.54, 1.807) is 0 Å². The predicted octanol–water partition coefficient (Wildman–Crippen LogP) is 5.43. The second-order valence-electron chi connectivity index (χ2n) is 6.26. The molecule has 0 unspecified atom stereocenters. The number of para-hydroxylation sites is 1. The average Bonchev–Trinajstić information content (AvgIpc) is 2.70. The SMILES string of the molecule is O=C(Nc1ccc(F)c(Cl)c1)c1ccccc1NS(=O)(=O)c1cccc(OC(F)(F)F)c1. The molecule has 0 aliphatic carbocycles. The fraction of sp³-hybridized carbons (Fsp3) is 0.0500. The van der Waals surface area contributed by atoms with Gasteiger partial charge in [0.1, 0.15) is 11.6 Å². The van der Waals surface area contributed by atoms with Crippen molar-refractivity contribution in [2.75, 3.05) is 10.0 Å². The molecule has 6 nitrogen and oxygen atoms in total. The van der Waals surface area contributed by atoms with Crippen LogP contribution in [0.4, 0.5) is 28.9 Å². The molecule has 0 aromatic heterocycles. The van der Waals surface area contributed by atoms with E-state index in [9.17, 15) is 30.8 Å². The summed E-state index contributed by atoms with van der Waals surface area (Å²) in [5.74, 6) is -2.14. The number of halogens is 5. The Balaban J connectivity index is 1.86. The Morgan fingerprint density at radius 3 is 2.38 bits per heavy atom. The van der Waals surface area contributed by atoms with Gasteiger partial charge < -0.3 is 10.1 Å². The molecule has 0 bridgehead atoms. The molecule has 0 spiro atoms. The number of ether oxygens (including phenoxy) is 1. The van der Waals surface area contributed by atoms with E-state index in [-0.39, 0.29) is 22.0 Å². The van der Waals surface area contributed by atoms with Crippen LogP contribution in [-0.4, -0.2) is 20.7 Å². The van der Waals surface area contributed by atoms with E-state index in [4.69, 9.17) is 11.6 Å². The molecule has 3 aromatic carbocycles. The van der Waals surface area contributed by atoms with E-state index < -0.39 is 38.8 Å². The second kappa shape index (κ2) is 9.05. The van der Waals surface area contributed by atoms with Gasteiger partial charge in [0, 0.05) is 11.8 Å². The molecule has 0 aliphatic heterocycles. The number of hydrogen-bond donors (Lipinski definition) is 2. The average molecular weight is 489 g/mol. The lowest BCUT2D eigenvalue weighted by atomic mass is 10.1. The van der Waals surface area contributed by atoms with Crippen molar-refractivity contribution in [3.8, 4) is 5.75 Å². The number of amides is 1. The third-order valence-electron chi connectivity index (χ3n) is 3.94. The minimum atomic E-state index is -5.00. The maximum Gasteiger partial charge on any atom is 0.573 e. The summed E-state index contributed by atoms with van der Waals surface area (Å²) in [5, 5.41) is 2.23. The topological polar surface area (TPSA) is 84.5 Å². The third-order valence-corrected chi connectivity index (χ3v) is 5.60. The van der Waals surface area contributed by atoms with Gasteiger partial charge in [0.2, 0.25) is 0 Å². The van der Waals surface area contributed by atoms with Crippen LogP contribution in [0.3, 0.4) is 0 Å². The highest BCUT2D eigenvalue weighted by molar-refractivity contribution is 7.92. The summed E-state index contributed by atoms with van der Waals surface area (Å²) in [6.07, 6.45) is -5.00. The van der Waals surface area contributed by atoms with Crippen LogP contribution >= 0.6 is 11.6 Å². The van der Waals surface area contributed by atoms with Crippen molar-refractivity contribution in [2.24, 2.45) is 0 Å². The number of benzene rings is 3. The van der Waals surface area contributed by atoms with E-state index in [0.29, 0.717) is 6.07 Å². The summed E-state index contributed by atoms with van der Waals surface area (Å²) >= 11 is 5.68. The molecular weight excluding hydrogens is 476 g/mol. The summed E-state index contributed by atoms with van der Waals surface area (Å²) in [5.41, 5.74) is -0.0735. The number of alkyl halides is 3. The lowest BCUT2D eigenvalue weighted by Crippen LogP contribution is -2.19. The zero-order valence-corrected chi connectivity index (χ0v) is 17.4. The van der Waals surface area contributed by atoms with Gasteiger partial charge in [-0.05, 0) is 42.5 Å². The Morgan fingerprint density at radius 2 is 1.69 bits per heavy atom. The van der Waals surface area contributed by atoms with Crippen molar-refractivity contribution in [3.05, 3.63) is 83.1 Å². The van der Waals surface area contributed by atoms with E-state index >= 15 is 0 Å². The van der Waals surface area contributed by atoms with Crippen molar-refractivity contribution in [1.82, 2.24) is 0 Å². The number of carbonyl (C=O) groups excluding carboxylic acids is 1. The Kier molecular flexibility index (Phi) is 6.60. The van der Waals surface area contributed by atoms with Crippen LogP contribution < -0.4 is 14.8 Å². The summed E-state index contributed by atoms with van der Waals surface area (Å²) in [4.78, 5) is 12.1. The highest BCUT2D eigenvalue weighted by Crippen LogP contribution is 2.27. The third kappa shape index (κ3) is 5.89. The Morgan fingerprint density at radius 1 is 0.969 bits per heavy atom. The lowest BCUT2D eigenvalue weighted by molar-refractivity contribution is -0.274. The fourth-order valence-electron chi connectivity index (χ4n) is 2.58. The van der Waals surface area contributed by atoms with Crippen LogP contribution in [0.1, 0.15) is 10.4 Å². The number of hydrogen-bond acceptors (Lipinski definition) is 4. The molecule has 0 saturated heterocycles. The standard InChI is InChI=1S/C20H13ClF4N2O4S/c21-16-10-12(8-9-17(16)22)26-19(28)15-6-1-2-7-18(15)27-32(29,30)14-5-3-4-13(11-14)31-20(23,24)25/h1-11,27H,(H,26,28). The number of anilines is 2. The van der Waals surface area contributed by atoms with E-state index in [0.717, 1.165) is 24.3 Å². The summed E-state index contributed by atoms with van der Waals surface area (Å²) in [7, 11) is -4.38. The summed E-state index contributed by atoms with van der Waals surface area (Å²) in [6.45, 7) is 0. The van der Waals surface area contributed by atoms with Gasteiger partial charge in [0.05, 0.1) is 21.2 Å². The minimum absolute atomic E-state index is 0.0979. The van der Waals surface area contributed by atoms with Crippen LogP contribution in [0.2, 0.25) is 5.02 Å². The fourth-order valence-corrected chi connectivity index (χ4v) is 3.88. The van der Waals surface area contributed by atoms with Gasteiger partial charge in [-0.3, -0.25) is 9.52 Å². The maximum atomic E-state index is 13.3. The predicted molar refractivity (Wildman–Crippen MR) is 110 cm³/mol. The summed E-state index contributed by atoms with van der Waals surface area (Å²) < 4.78 is 81.9. The molecule has 0 radical (unpaired) electrons. The number of sulfonamides is 1. The van der Waals surface area contributed by atoms with Crippen LogP contribution in [0.25, 0.3) is 0 Å². The van der Waals surface area contributed by atoms with E-state index in [1.165, 1.54) is 36.4 Å². The first kappa shape index (κ1) is 23.4. The zero-order chi connectivity index (χ0) is 23.5. The summed E-state index contributed by atoms with van der Waals surface area (Å²) in [6, 6.07) is 12.8. The molecule has 0 aliphatic rings. The first-order valence-corrected chi connectivity index (χ1v) is 10.5. The molecule has 0 heterocycles. The molecule has 2 N–H and O–H groups in total. The lowest BCUT2D eigenvalue weighted by Gasteiger charge is -2.14. The first-order valence-electron chi connectivity index (χ1n) is 8.69. The molecule has 1 amide bonds. The van der Waals surface area contributed by atoms with Crippen molar-refractivity contribution < 1.29 is 35.5 Å². The Labute approximate surface area is 184 Å². The highest BCUT2D eigenvalue weighted by atomic mass is 35.5. The van der Waals surface area contributed by atoms with Crippen LogP contribution in [0.15, 0.2) is 71.6 Å². The molecule has 0 fully saturated rings. The molecule has 3 rings (SSSR count). The van der Waals surface area contributed by atoms with E-state index in [2.05, 4.69) is 14.8 Å². The van der Waals surface area contributed by atoms with Gasteiger partial charge in [0.15, 0.2) is 0 Å². The monoisotopic (exact) mass is 488 g/mol. The largest absolute Gasteiger partial charge is 0.573 e. The number of rotatable bonds is 6. The van der Waals surface area contributed by atoms with Gasteiger partial charge in [-0.15, -0.1) is 13.2 Å². The molecular formula is C20H13ClF4N2O4S. The molecule has 32 heavy (non-hydrogen) atoms. The van der Waals surface area contributed by atoms with Crippen LogP contribution in [-0.2, 0) is 10.0 Å². The molecule has 0 saturated carbocycles. The van der Waals surface area contributed by atoms with Crippen LogP contribution in [0.5, 0.6) is 5.75 Å². The van der Waals surface area contributed by atoms with Crippen molar-refractivity contribution in [3.63, 3.8) is 0 Å². The van der Waals surface area contributed by atoms with Gasteiger partial charge >= 0.3 is 6.36 Å². The molecule has 3 aromatic rings. The normalized spacial score (nSPS) is 11.7. The number of nitrogens with one attached hydrogen (secondary N) is 2. The first-order chi connectivity index (χ1) is 14.9. The van der Waals surface area contributed by atoms with Crippen LogP contribution in [0, 0.1) is 5.82 Å². The van der Waals surface area contributed by atoms with Gasteiger partial charge in [-0.1, -0.05) is 29.8 Å². The smallest absolute Gasteiger partial charge is 0.406 e.